The fraction of sp³-hybridized carbons (Fsp3) is 0.263. The minimum Gasteiger partial charge on any atom is -0.378 e. The normalized spacial score (nSPS) is 14.4. The van der Waals surface area contributed by atoms with Crippen molar-refractivity contribution in [1.82, 2.24) is 29.5 Å². The van der Waals surface area contributed by atoms with Crippen LogP contribution in [-0.4, -0.2) is 55.9 Å². The average molecular weight is 473 g/mol. The highest BCUT2D eigenvalue weighted by atomic mass is 79.9. The number of fused-ring (bicyclic) bond motifs is 1. The molecule has 11 heteroatoms. The quantitative estimate of drug-likeness (QED) is 0.460. The third-order valence-electron chi connectivity index (χ3n) is 4.81. The lowest BCUT2D eigenvalue weighted by molar-refractivity contribution is 0.122. The van der Waals surface area contributed by atoms with E-state index in [1.807, 2.05) is 0 Å². The van der Waals surface area contributed by atoms with Crippen molar-refractivity contribution in [3.63, 3.8) is 0 Å². The number of halogens is 2. The summed E-state index contributed by atoms with van der Waals surface area (Å²) in [6.45, 7) is 3.10. The zero-order valence-corrected chi connectivity index (χ0v) is 17.4. The van der Waals surface area contributed by atoms with E-state index in [0.717, 1.165) is 17.6 Å². The molecular weight excluding hydrogens is 455 g/mol. The van der Waals surface area contributed by atoms with Gasteiger partial charge in [-0.15, -0.1) is 0 Å². The molecule has 4 heterocycles. The number of benzene rings is 1. The molecule has 1 aliphatic heterocycles. The third kappa shape index (κ3) is 3.61. The standard InChI is InChI=1S/C19H18BrFN8O/c20-13-9-24-29-17(13)26-19(28-5-7-30-8-6-28)27-18(29)23-11-16-22-10-15(25-16)12-3-1-2-4-14(12)21/h1-4,9-10H,5-8,11H2,(H,22,25)(H,23,26,27). The third-order valence-corrected chi connectivity index (χ3v) is 5.37. The van der Waals surface area contributed by atoms with Crippen LogP contribution in [-0.2, 0) is 11.3 Å². The van der Waals surface area contributed by atoms with Gasteiger partial charge in [-0.3, -0.25) is 0 Å². The zero-order valence-electron chi connectivity index (χ0n) is 15.8. The van der Waals surface area contributed by atoms with Crippen LogP contribution in [0, 0.1) is 5.82 Å². The van der Waals surface area contributed by atoms with Crippen LogP contribution >= 0.6 is 15.9 Å². The number of nitrogens with zero attached hydrogens (tertiary/aromatic N) is 6. The number of H-pyrrole nitrogens is 1. The second kappa shape index (κ2) is 8.00. The lowest BCUT2D eigenvalue weighted by Crippen LogP contribution is -2.37. The predicted molar refractivity (Wildman–Crippen MR) is 113 cm³/mol. The monoisotopic (exact) mass is 472 g/mol. The molecule has 0 saturated carbocycles. The molecule has 1 saturated heterocycles. The smallest absolute Gasteiger partial charge is 0.230 e. The van der Waals surface area contributed by atoms with Crippen molar-refractivity contribution in [2.24, 2.45) is 0 Å². The Hall–Kier alpha value is -3.05. The van der Waals surface area contributed by atoms with Crippen molar-refractivity contribution in [2.45, 2.75) is 6.54 Å². The Kier molecular flexibility index (Phi) is 5.05. The first-order chi connectivity index (χ1) is 14.7. The van der Waals surface area contributed by atoms with E-state index in [1.54, 1.807) is 35.1 Å². The number of anilines is 2. The molecule has 0 unspecified atom stereocenters. The molecule has 4 aromatic rings. The Morgan fingerprint density at radius 2 is 2.00 bits per heavy atom. The van der Waals surface area contributed by atoms with Crippen LogP contribution < -0.4 is 10.2 Å². The SMILES string of the molecule is Fc1ccccc1-c1cnc(CNc2nc(N3CCOCC3)nc3c(Br)cnn23)[nH]1. The molecule has 9 nitrogen and oxygen atoms in total. The summed E-state index contributed by atoms with van der Waals surface area (Å²) < 4.78 is 21.9. The molecule has 1 fully saturated rings. The molecule has 0 aliphatic carbocycles. The van der Waals surface area contributed by atoms with E-state index in [-0.39, 0.29) is 5.82 Å². The van der Waals surface area contributed by atoms with Crippen molar-refractivity contribution in [1.29, 1.82) is 0 Å². The van der Waals surface area contributed by atoms with Crippen molar-refractivity contribution in [3.8, 4) is 11.3 Å². The van der Waals surface area contributed by atoms with Gasteiger partial charge < -0.3 is 19.9 Å². The summed E-state index contributed by atoms with van der Waals surface area (Å²) in [7, 11) is 0. The summed E-state index contributed by atoms with van der Waals surface area (Å²) in [6.07, 6.45) is 3.30. The number of aromatic amines is 1. The molecule has 1 aliphatic rings. The largest absolute Gasteiger partial charge is 0.378 e. The molecule has 0 radical (unpaired) electrons. The summed E-state index contributed by atoms with van der Waals surface area (Å²) in [4.78, 5) is 18.9. The Balaban J connectivity index is 1.41. The van der Waals surface area contributed by atoms with Gasteiger partial charge in [0.25, 0.3) is 0 Å². The minimum absolute atomic E-state index is 0.297. The molecule has 0 spiro atoms. The molecule has 0 bridgehead atoms. The van der Waals surface area contributed by atoms with Gasteiger partial charge in [0.05, 0.1) is 42.3 Å². The number of ether oxygens (including phenoxy) is 1. The maximum Gasteiger partial charge on any atom is 0.230 e. The van der Waals surface area contributed by atoms with Crippen LogP contribution in [0.4, 0.5) is 16.3 Å². The molecule has 1 aromatic carbocycles. The zero-order chi connectivity index (χ0) is 20.5. The Morgan fingerprint density at radius 1 is 1.17 bits per heavy atom. The number of nitrogens with one attached hydrogen (secondary N) is 2. The molecule has 154 valence electrons. The van der Waals surface area contributed by atoms with Gasteiger partial charge in [0.1, 0.15) is 11.6 Å². The van der Waals surface area contributed by atoms with Gasteiger partial charge in [0, 0.05) is 18.7 Å². The molecule has 2 N–H and O–H groups in total. The first-order valence-electron chi connectivity index (χ1n) is 9.45. The van der Waals surface area contributed by atoms with Gasteiger partial charge >= 0.3 is 0 Å². The fourth-order valence-electron chi connectivity index (χ4n) is 3.29. The van der Waals surface area contributed by atoms with E-state index in [2.05, 4.69) is 51.2 Å². The second-order valence-electron chi connectivity index (χ2n) is 6.75. The van der Waals surface area contributed by atoms with Crippen LogP contribution in [0.5, 0.6) is 0 Å². The van der Waals surface area contributed by atoms with Gasteiger partial charge in [-0.2, -0.15) is 19.6 Å². The first kappa shape index (κ1) is 18.9. The highest BCUT2D eigenvalue weighted by Gasteiger charge is 2.18. The fourth-order valence-corrected chi connectivity index (χ4v) is 3.64. The topological polar surface area (TPSA) is 96.3 Å². The number of imidazole rings is 1. The Labute approximate surface area is 179 Å². The second-order valence-corrected chi connectivity index (χ2v) is 7.61. The Bertz CT molecular complexity index is 1190. The van der Waals surface area contributed by atoms with E-state index < -0.39 is 0 Å². The minimum atomic E-state index is -0.297. The summed E-state index contributed by atoms with van der Waals surface area (Å²) in [5.74, 6) is 1.51. The van der Waals surface area contributed by atoms with Gasteiger partial charge in [0.15, 0.2) is 5.65 Å². The van der Waals surface area contributed by atoms with E-state index in [1.165, 1.54) is 6.07 Å². The number of hydrogen-bond donors (Lipinski definition) is 2. The molecule has 3 aromatic heterocycles. The summed E-state index contributed by atoms with van der Waals surface area (Å²) in [5, 5.41) is 7.60. The van der Waals surface area contributed by atoms with Crippen LogP contribution in [0.25, 0.3) is 16.9 Å². The average Bonchev–Trinajstić information content (AvgIpc) is 3.40. The number of morpholine rings is 1. The van der Waals surface area contributed by atoms with Crippen LogP contribution in [0.2, 0.25) is 0 Å². The van der Waals surface area contributed by atoms with E-state index >= 15 is 0 Å². The summed E-state index contributed by atoms with van der Waals surface area (Å²) in [5.41, 5.74) is 1.76. The number of aromatic nitrogens is 6. The van der Waals surface area contributed by atoms with Crippen LogP contribution in [0.3, 0.4) is 0 Å². The highest BCUT2D eigenvalue weighted by molar-refractivity contribution is 9.10. The molecular formula is C19H18BrFN8O. The van der Waals surface area contributed by atoms with E-state index in [0.29, 0.717) is 54.4 Å². The molecule has 0 amide bonds. The van der Waals surface area contributed by atoms with E-state index in [9.17, 15) is 4.39 Å². The maximum atomic E-state index is 14.0. The van der Waals surface area contributed by atoms with Gasteiger partial charge in [-0.25, -0.2) is 9.37 Å². The lowest BCUT2D eigenvalue weighted by Gasteiger charge is -2.27. The number of rotatable bonds is 5. The van der Waals surface area contributed by atoms with Crippen LogP contribution in [0.15, 0.2) is 41.1 Å². The van der Waals surface area contributed by atoms with Gasteiger partial charge in [0.2, 0.25) is 11.9 Å². The maximum absolute atomic E-state index is 14.0. The van der Waals surface area contributed by atoms with Gasteiger partial charge in [-0.05, 0) is 28.1 Å². The molecule has 30 heavy (non-hydrogen) atoms. The molecule has 5 rings (SSSR count). The van der Waals surface area contributed by atoms with Crippen molar-refractivity contribution < 1.29 is 9.13 Å². The van der Waals surface area contributed by atoms with Crippen molar-refractivity contribution in [3.05, 3.63) is 52.8 Å². The van der Waals surface area contributed by atoms with Gasteiger partial charge in [-0.1, -0.05) is 12.1 Å². The lowest BCUT2D eigenvalue weighted by atomic mass is 10.1. The number of hydrogen-bond acceptors (Lipinski definition) is 7. The molecule has 0 atom stereocenters. The van der Waals surface area contributed by atoms with Crippen molar-refractivity contribution >= 4 is 33.5 Å². The highest BCUT2D eigenvalue weighted by Crippen LogP contribution is 2.23. The summed E-state index contributed by atoms with van der Waals surface area (Å²) >= 11 is 3.49. The van der Waals surface area contributed by atoms with E-state index in [4.69, 9.17) is 4.74 Å². The predicted octanol–water partition coefficient (Wildman–Crippen LogP) is 2.86. The first-order valence-corrected chi connectivity index (χ1v) is 10.2. The van der Waals surface area contributed by atoms with Crippen molar-refractivity contribution in [2.75, 3.05) is 36.5 Å². The van der Waals surface area contributed by atoms with Crippen LogP contribution in [0.1, 0.15) is 5.82 Å². The Morgan fingerprint density at radius 3 is 2.83 bits per heavy atom. The summed E-state index contributed by atoms with van der Waals surface area (Å²) in [6, 6.07) is 6.59.